The molecule has 0 saturated heterocycles. The summed E-state index contributed by atoms with van der Waals surface area (Å²) in [5, 5.41) is 2.86. The van der Waals surface area contributed by atoms with Gasteiger partial charge in [0.15, 0.2) is 0 Å². The van der Waals surface area contributed by atoms with Crippen LogP contribution in [-0.2, 0) is 9.59 Å². The smallest absolute Gasteiger partial charge is 0.146 e. The molecule has 0 aromatic carbocycles. The molecular formula is C11H14O2S. The molecular weight excluding hydrogens is 196 g/mol. The van der Waals surface area contributed by atoms with Crippen LogP contribution < -0.4 is 0 Å². The van der Waals surface area contributed by atoms with Crippen LogP contribution >= 0.6 is 11.8 Å². The summed E-state index contributed by atoms with van der Waals surface area (Å²) < 4.78 is 0. The van der Waals surface area contributed by atoms with E-state index in [9.17, 15) is 9.59 Å². The molecule has 2 nitrogen and oxygen atoms in total. The zero-order valence-electron chi connectivity index (χ0n) is 8.55. The van der Waals surface area contributed by atoms with Crippen LogP contribution in [0.25, 0.3) is 0 Å². The fraction of sp³-hybridized carbons (Fsp3) is 0.636. The molecule has 1 rings (SSSR count). The Morgan fingerprint density at radius 1 is 1.36 bits per heavy atom. The van der Waals surface area contributed by atoms with Gasteiger partial charge in [-0.25, -0.2) is 0 Å². The van der Waals surface area contributed by atoms with E-state index in [1.165, 1.54) is 11.8 Å². The van der Waals surface area contributed by atoms with E-state index in [2.05, 4.69) is 11.2 Å². The predicted octanol–water partition coefficient (Wildman–Crippen LogP) is 2.03. The summed E-state index contributed by atoms with van der Waals surface area (Å²) in [6, 6.07) is 0. The van der Waals surface area contributed by atoms with E-state index in [1.807, 2.05) is 6.26 Å². The van der Waals surface area contributed by atoms with Crippen molar-refractivity contribution in [3.05, 3.63) is 0 Å². The highest BCUT2D eigenvalue weighted by Gasteiger charge is 2.44. The van der Waals surface area contributed by atoms with E-state index < -0.39 is 5.41 Å². The van der Waals surface area contributed by atoms with E-state index in [-0.39, 0.29) is 11.6 Å². The Morgan fingerprint density at radius 2 is 1.93 bits per heavy atom. The van der Waals surface area contributed by atoms with Gasteiger partial charge >= 0.3 is 0 Å². The summed E-state index contributed by atoms with van der Waals surface area (Å²) >= 11 is 1.45. The van der Waals surface area contributed by atoms with Crippen LogP contribution in [0.2, 0.25) is 0 Å². The zero-order valence-corrected chi connectivity index (χ0v) is 9.37. The minimum absolute atomic E-state index is 0.0912. The molecule has 1 aliphatic rings. The number of ketones is 2. The number of rotatable bonds is 2. The lowest BCUT2D eigenvalue weighted by atomic mass is 9.82. The lowest BCUT2D eigenvalue weighted by Crippen LogP contribution is -2.28. The van der Waals surface area contributed by atoms with E-state index in [0.29, 0.717) is 25.7 Å². The van der Waals surface area contributed by atoms with Crippen LogP contribution in [0.15, 0.2) is 0 Å². The maximum absolute atomic E-state index is 11.5. The van der Waals surface area contributed by atoms with Crippen molar-refractivity contribution in [2.24, 2.45) is 5.41 Å². The first-order valence-electron chi connectivity index (χ1n) is 4.68. The lowest BCUT2D eigenvalue weighted by Gasteiger charge is -2.18. The molecule has 0 aromatic heterocycles. The number of hydrogen-bond acceptors (Lipinski definition) is 3. The highest BCUT2D eigenvalue weighted by Crippen LogP contribution is 2.35. The standard InChI is InChI=1S/C11H14O2S/c1-11(7-3-4-8-14-2)9(12)5-6-10(11)13/h3,5-7H2,1-2H3. The van der Waals surface area contributed by atoms with Gasteiger partial charge in [0.25, 0.3) is 0 Å². The Balaban J connectivity index is 2.57. The molecule has 1 saturated carbocycles. The van der Waals surface area contributed by atoms with Crippen molar-refractivity contribution < 1.29 is 9.59 Å². The van der Waals surface area contributed by atoms with Gasteiger partial charge in [0.1, 0.15) is 11.6 Å². The van der Waals surface area contributed by atoms with Gasteiger partial charge in [-0.1, -0.05) is 17.7 Å². The quantitative estimate of drug-likeness (QED) is 0.516. The van der Waals surface area contributed by atoms with Crippen LogP contribution in [-0.4, -0.2) is 17.8 Å². The molecule has 0 amide bonds. The van der Waals surface area contributed by atoms with Crippen LogP contribution in [0.3, 0.4) is 0 Å². The first kappa shape index (κ1) is 11.3. The second-order valence-electron chi connectivity index (χ2n) is 3.66. The summed E-state index contributed by atoms with van der Waals surface area (Å²) in [6.45, 7) is 1.76. The second kappa shape index (κ2) is 4.65. The molecule has 0 spiro atoms. The van der Waals surface area contributed by atoms with Gasteiger partial charge in [-0.2, -0.15) is 0 Å². The first-order valence-corrected chi connectivity index (χ1v) is 5.91. The molecule has 0 atom stereocenters. The number of Topliss-reactive ketones (excluding diaryl/α,β-unsaturated/α-hetero) is 2. The van der Waals surface area contributed by atoms with Crippen molar-refractivity contribution in [1.82, 2.24) is 0 Å². The number of hydrogen-bond donors (Lipinski definition) is 0. The van der Waals surface area contributed by atoms with E-state index in [0.717, 1.165) is 0 Å². The van der Waals surface area contributed by atoms with Gasteiger partial charge < -0.3 is 0 Å². The van der Waals surface area contributed by atoms with Gasteiger partial charge in [0.05, 0.1) is 5.41 Å². The van der Waals surface area contributed by atoms with Gasteiger partial charge in [-0.3, -0.25) is 9.59 Å². The van der Waals surface area contributed by atoms with Crippen molar-refractivity contribution in [3.63, 3.8) is 0 Å². The van der Waals surface area contributed by atoms with Crippen LogP contribution in [0.4, 0.5) is 0 Å². The molecule has 0 radical (unpaired) electrons. The molecule has 0 unspecified atom stereocenters. The Hall–Kier alpha value is -0.750. The third kappa shape index (κ3) is 2.19. The minimum atomic E-state index is -0.729. The van der Waals surface area contributed by atoms with Crippen LogP contribution in [0, 0.1) is 16.6 Å². The molecule has 0 aromatic rings. The second-order valence-corrected chi connectivity index (χ2v) is 4.27. The summed E-state index contributed by atoms with van der Waals surface area (Å²) in [4.78, 5) is 23.0. The molecule has 0 aliphatic heterocycles. The van der Waals surface area contributed by atoms with Crippen molar-refractivity contribution in [2.45, 2.75) is 32.6 Å². The van der Waals surface area contributed by atoms with Gasteiger partial charge in [-0.15, -0.1) is 0 Å². The third-order valence-electron chi connectivity index (χ3n) is 2.73. The minimum Gasteiger partial charge on any atom is -0.299 e. The molecule has 0 N–H and O–H groups in total. The molecule has 14 heavy (non-hydrogen) atoms. The Labute approximate surface area is 88.8 Å². The van der Waals surface area contributed by atoms with Gasteiger partial charge in [0, 0.05) is 19.3 Å². The average Bonchev–Trinajstić information content (AvgIpc) is 2.42. The Bertz CT molecular complexity index is 293. The summed E-state index contributed by atoms with van der Waals surface area (Å²) in [5.41, 5.74) is -0.729. The van der Waals surface area contributed by atoms with Gasteiger partial charge in [-0.05, 0) is 24.9 Å². The molecule has 3 heteroatoms. The van der Waals surface area contributed by atoms with E-state index in [1.54, 1.807) is 6.92 Å². The third-order valence-corrected chi connectivity index (χ3v) is 3.08. The van der Waals surface area contributed by atoms with Gasteiger partial charge in [0.2, 0.25) is 0 Å². The fourth-order valence-electron chi connectivity index (χ4n) is 1.65. The number of carbonyl (C=O) groups is 2. The van der Waals surface area contributed by atoms with Crippen LogP contribution in [0.5, 0.6) is 0 Å². The Morgan fingerprint density at radius 3 is 2.43 bits per heavy atom. The molecule has 1 fully saturated rings. The maximum atomic E-state index is 11.5. The lowest BCUT2D eigenvalue weighted by molar-refractivity contribution is -0.134. The first-order chi connectivity index (χ1) is 6.61. The highest BCUT2D eigenvalue weighted by molar-refractivity contribution is 8.03. The topological polar surface area (TPSA) is 34.1 Å². The zero-order chi connectivity index (χ0) is 10.6. The Kier molecular flexibility index (Phi) is 3.77. The molecule has 0 heterocycles. The summed E-state index contributed by atoms with van der Waals surface area (Å²) in [6.07, 6.45) is 3.96. The monoisotopic (exact) mass is 210 g/mol. The fourth-order valence-corrected chi connectivity index (χ4v) is 1.90. The van der Waals surface area contributed by atoms with Crippen LogP contribution in [0.1, 0.15) is 32.6 Å². The summed E-state index contributed by atoms with van der Waals surface area (Å²) in [5.74, 6) is 3.12. The molecule has 0 bridgehead atoms. The molecule has 76 valence electrons. The van der Waals surface area contributed by atoms with Crippen molar-refractivity contribution in [2.75, 3.05) is 6.26 Å². The summed E-state index contributed by atoms with van der Waals surface area (Å²) in [7, 11) is 0. The number of thioether (sulfide) groups is 1. The van der Waals surface area contributed by atoms with Crippen molar-refractivity contribution >= 4 is 23.3 Å². The SMILES string of the molecule is CSC#CCCC1(C)C(=O)CCC1=O. The normalized spacial score (nSPS) is 19.3. The van der Waals surface area contributed by atoms with E-state index >= 15 is 0 Å². The predicted molar refractivity (Wildman–Crippen MR) is 57.9 cm³/mol. The van der Waals surface area contributed by atoms with E-state index in [4.69, 9.17) is 0 Å². The highest BCUT2D eigenvalue weighted by atomic mass is 32.2. The van der Waals surface area contributed by atoms with Crippen molar-refractivity contribution in [1.29, 1.82) is 0 Å². The largest absolute Gasteiger partial charge is 0.299 e. The average molecular weight is 210 g/mol. The van der Waals surface area contributed by atoms with Crippen molar-refractivity contribution in [3.8, 4) is 11.2 Å². The number of carbonyl (C=O) groups excluding carboxylic acids is 2. The maximum Gasteiger partial charge on any atom is 0.146 e. The molecule has 1 aliphatic carbocycles.